The molecule has 0 aromatic heterocycles. The van der Waals surface area contributed by atoms with E-state index in [4.69, 9.17) is 5.73 Å². The zero-order valence-corrected chi connectivity index (χ0v) is 8.60. The molecular formula is C8H13N3O2S. The first-order valence-electron chi connectivity index (χ1n) is 4.42. The van der Waals surface area contributed by atoms with Crippen LogP contribution in [0.1, 0.15) is 12.8 Å². The van der Waals surface area contributed by atoms with Gasteiger partial charge >= 0.3 is 0 Å². The number of amides is 2. The summed E-state index contributed by atoms with van der Waals surface area (Å²) in [4.78, 5) is 24.3. The molecule has 0 bridgehead atoms. The molecule has 0 radical (unpaired) electrons. The number of carbonyl (C=O) groups is 2. The molecule has 0 saturated carbocycles. The zero-order valence-electron chi connectivity index (χ0n) is 7.78. The minimum absolute atomic E-state index is 0.0443. The van der Waals surface area contributed by atoms with E-state index < -0.39 is 0 Å². The predicted molar refractivity (Wildman–Crippen MR) is 55.6 cm³/mol. The molecule has 1 rings (SSSR count). The molecule has 5 nitrogen and oxygen atoms in total. The van der Waals surface area contributed by atoms with Crippen LogP contribution in [-0.4, -0.2) is 41.3 Å². The van der Waals surface area contributed by atoms with Crippen LogP contribution in [0, 0.1) is 0 Å². The lowest BCUT2D eigenvalue weighted by Gasteiger charge is -2.18. The summed E-state index contributed by atoms with van der Waals surface area (Å²) in [5.74, 6) is -0.298. The molecule has 0 spiro atoms. The maximum absolute atomic E-state index is 11.5. The Morgan fingerprint density at radius 3 is 3.00 bits per heavy atom. The van der Waals surface area contributed by atoms with E-state index in [1.54, 1.807) is 0 Å². The molecule has 0 aromatic rings. The highest BCUT2D eigenvalue weighted by Crippen LogP contribution is 1.99. The van der Waals surface area contributed by atoms with Crippen LogP contribution in [0.25, 0.3) is 0 Å². The fourth-order valence-electron chi connectivity index (χ4n) is 1.28. The summed E-state index contributed by atoms with van der Waals surface area (Å²) < 4.78 is 0. The van der Waals surface area contributed by atoms with Gasteiger partial charge in [-0.2, -0.15) is 0 Å². The van der Waals surface area contributed by atoms with E-state index in [1.165, 1.54) is 4.90 Å². The fraction of sp³-hybridized carbons (Fsp3) is 0.625. The van der Waals surface area contributed by atoms with Crippen molar-refractivity contribution in [3.63, 3.8) is 0 Å². The third-order valence-corrected chi connectivity index (χ3v) is 2.08. The molecule has 2 amide bonds. The number of nitrogens with one attached hydrogen (secondary N) is 1. The molecule has 1 aliphatic heterocycles. The van der Waals surface area contributed by atoms with Crippen molar-refractivity contribution in [1.82, 2.24) is 10.2 Å². The minimum Gasteiger partial charge on any atom is -0.393 e. The third kappa shape index (κ3) is 3.29. The van der Waals surface area contributed by atoms with E-state index in [0.717, 1.165) is 6.42 Å². The smallest absolute Gasteiger partial charge is 0.239 e. The van der Waals surface area contributed by atoms with Gasteiger partial charge in [0.05, 0.1) is 18.0 Å². The van der Waals surface area contributed by atoms with Gasteiger partial charge in [-0.05, 0) is 6.42 Å². The second-order valence-electron chi connectivity index (χ2n) is 3.16. The normalized spacial score (nSPS) is 17.1. The number of carbonyl (C=O) groups excluding carboxylic acids is 2. The summed E-state index contributed by atoms with van der Waals surface area (Å²) >= 11 is 4.63. The molecule has 1 fully saturated rings. The van der Waals surface area contributed by atoms with Crippen LogP contribution >= 0.6 is 12.2 Å². The van der Waals surface area contributed by atoms with Gasteiger partial charge in [-0.15, -0.1) is 0 Å². The van der Waals surface area contributed by atoms with Gasteiger partial charge in [-0.25, -0.2) is 0 Å². The monoisotopic (exact) mass is 215 g/mol. The van der Waals surface area contributed by atoms with Gasteiger partial charge in [-0.1, -0.05) is 12.2 Å². The quantitative estimate of drug-likeness (QED) is 0.580. The summed E-state index contributed by atoms with van der Waals surface area (Å²) in [6.45, 7) is 1.32. The number of hydrogen-bond donors (Lipinski definition) is 2. The minimum atomic E-state index is -0.172. The second kappa shape index (κ2) is 4.90. The standard InChI is InChI=1S/C8H13N3O2S/c9-6(14)4-8(13)11-3-1-2-10-7(12)5-11/h1-5H2,(H2,9,14)(H,10,12). The highest BCUT2D eigenvalue weighted by Gasteiger charge is 2.19. The van der Waals surface area contributed by atoms with Gasteiger partial charge in [0.1, 0.15) is 0 Å². The Hall–Kier alpha value is -1.17. The second-order valence-corrected chi connectivity index (χ2v) is 3.69. The van der Waals surface area contributed by atoms with Crippen molar-refractivity contribution in [2.45, 2.75) is 12.8 Å². The van der Waals surface area contributed by atoms with Crippen LogP contribution < -0.4 is 11.1 Å². The summed E-state index contributed by atoms with van der Waals surface area (Å²) in [6.07, 6.45) is 0.817. The van der Waals surface area contributed by atoms with Crippen LogP contribution in [-0.2, 0) is 9.59 Å². The van der Waals surface area contributed by atoms with E-state index in [0.29, 0.717) is 13.1 Å². The Labute approximate surface area is 87.6 Å². The molecule has 3 N–H and O–H groups in total. The third-order valence-electron chi connectivity index (χ3n) is 1.94. The highest BCUT2D eigenvalue weighted by atomic mass is 32.1. The lowest BCUT2D eigenvalue weighted by Crippen LogP contribution is -2.38. The summed E-state index contributed by atoms with van der Waals surface area (Å²) in [6, 6.07) is 0. The molecule has 78 valence electrons. The number of nitrogens with zero attached hydrogens (tertiary/aromatic N) is 1. The average Bonchev–Trinajstić information content (AvgIpc) is 2.28. The van der Waals surface area contributed by atoms with Crippen LogP contribution in [0.2, 0.25) is 0 Å². The average molecular weight is 215 g/mol. The summed E-state index contributed by atoms with van der Waals surface area (Å²) in [5, 5.41) is 2.69. The van der Waals surface area contributed by atoms with E-state index in [2.05, 4.69) is 17.5 Å². The molecular weight excluding hydrogens is 202 g/mol. The predicted octanol–water partition coefficient (Wildman–Crippen LogP) is -0.989. The summed E-state index contributed by atoms with van der Waals surface area (Å²) in [5.41, 5.74) is 5.26. The Bertz CT molecular complexity index is 267. The van der Waals surface area contributed by atoms with Crippen LogP contribution in [0.5, 0.6) is 0 Å². The molecule has 1 aliphatic rings. The maximum Gasteiger partial charge on any atom is 0.239 e. The van der Waals surface area contributed by atoms with Gasteiger partial charge < -0.3 is 16.0 Å². The Balaban J connectivity index is 2.52. The van der Waals surface area contributed by atoms with E-state index in [1.807, 2.05) is 0 Å². The molecule has 0 atom stereocenters. The van der Waals surface area contributed by atoms with Crippen molar-refractivity contribution in [3.05, 3.63) is 0 Å². The van der Waals surface area contributed by atoms with E-state index >= 15 is 0 Å². The van der Waals surface area contributed by atoms with Gasteiger partial charge in [0.25, 0.3) is 0 Å². The Morgan fingerprint density at radius 1 is 1.64 bits per heavy atom. The first-order chi connectivity index (χ1) is 6.59. The zero-order chi connectivity index (χ0) is 10.6. The van der Waals surface area contributed by atoms with E-state index in [-0.39, 0.29) is 29.8 Å². The Morgan fingerprint density at radius 2 is 2.36 bits per heavy atom. The number of nitrogens with two attached hydrogens (primary N) is 1. The van der Waals surface area contributed by atoms with Crippen molar-refractivity contribution in [2.24, 2.45) is 5.73 Å². The first kappa shape index (κ1) is 10.9. The molecule has 14 heavy (non-hydrogen) atoms. The molecule has 6 heteroatoms. The largest absolute Gasteiger partial charge is 0.393 e. The lowest BCUT2D eigenvalue weighted by molar-refractivity contribution is -0.134. The van der Waals surface area contributed by atoms with Crippen LogP contribution in [0.15, 0.2) is 0 Å². The lowest BCUT2D eigenvalue weighted by atomic mass is 10.3. The van der Waals surface area contributed by atoms with Gasteiger partial charge in [0, 0.05) is 13.1 Å². The SMILES string of the molecule is NC(=S)CC(=O)N1CCCNC(=O)C1. The van der Waals surface area contributed by atoms with E-state index in [9.17, 15) is 9.59 Å². The van der Waals surface area contributed by atoms with Crippen LogP contribution in [0.4, 0.5) is 0 Å². The van der Waals surface area contributed by atoms with Crippen molar-refractivity contribution in [1.29, 1.82) is 0 Å². The summed E-state index contributed by atoms with van der Waals surface area (Å²) in [7, 11) is 0. The number of hydrogen-bond acceptors (Lipinski definition) is 3. The molecule has 1 heterocycles. The van der Waals surface area contributed by atoms with Gasteiger partial charge in [-0.3, -0.25) is 9.59 Å². The van der Waals surface area contributed by atoms with Crippen molar-refractivity contribution >= 4 is 29.0 Å². The van der Waals surface area contributed by atoms with Crippen molar-refractivity contribution in [3.8, 4) is 0 Å². The van der Waals surface area contributed by atoms with Gasteiger partial charge in [0.2, 0.25) is 11.8 Å². The first-order valence-corrected chi connectivity index (χ1v) is 4.83. The molecule has 0 aliphatic carbocycles. The van der Waals surface area contributed by atoms with Gasteiger partial charge in [0.15, 0.2) is 0 Å². The topological polar surface area (TPSA) is 75.4 Å². The molecule has 1 saturated heterocycles. The van der Waals surface area contributed by atoms with Crippen molar-refractivity contribution < 1.29 is 9.59 Å². The highest BCUT2D eigenvalue weighted by molar-refractivity contribution is 7.80. The molecule has 0 unspecified atom stereocenters. The number of thiocarbonyl (C=S) groups is 1. The molecule has 0 aromatic carbocycles. The van der Waals surface area contributed by atoms with Crippen LogP contribution in [0.3, 0.4) is 0 Å². The number of rotatable bonds is 2. The maximum atomic E-state index is 11.5. The van der Waals surface area contributed by atoms with Crippen molar-refractivity contribution in [2.75, 3.05) is 19.6 Å². The Kier molecular flexibility index (Phi) is 3.82. The fourth-order valence-corrected chi connectivity index (χ4v) is 1.40.